The Labute approximate surface area is 213 Å². The monoisotopic (exact) mass is 509 g/mol. The molecule has 0 radical (unpaired) electrons. The summed E-state index contributed by atoms with van der Waals surface area (Å²) in [5.74, 6) is 1.13. The predicted octanol–water partition coefficient (Wildman–Crippen LogP) is 5.16. The minimum Gasteiger partial charge on any atom is -0.497 e. The number of fused-ring (bicyclic) bond motifs is 4. The zero-order valence-electron chi connectivity index (χ0n) is 19.4. The van der Waals surface area contributed by atoms with Crippen LogP contribution in [-0.2, 0) is 4.79 Å². The van der Waals surface area contributed by atoms with E-state index in [9.17, 15) is 4.79 Å². The molecule has 3 atom stereocenters. The van der Waals surface area contributed by atoms with E-state index >= 15 is 0 Å². The zero-order chi connectivity index (χ0) is 24.7. The summed E-state index contributed by atoms with van der Waals surface area (Å²) in [6.07, 6.45) is 0. The third kappa shape index (κ3) is 4.02. The lowest BCUT2D eigenvalue weighted by atomic mass is 9.78. The summed E-state index contributed by atoms with van der Waals surface area (Å²) in [6.45, 7) is 1.88. The van der Waals surface area contributed by atoms with Gasteiger partial charge in [-0.15, -0.1) is 0 Å². The second-order valence-corrected chi connectivity index (χ2v) is 9.32. The van der Waals surface area contributed by atoms with Gasteiger partial charge in [-0.05, 0) is 85.9 Å². The quantitative estimate of drug-likeness (QED) is 0.460. The minimum absolute atomic E-state index is 0.217. The summed E-state index contributed by atoms with van der Waals surface area (Å²) in [4.78, 5) is 15.7. The summed E-state index contributed by atoms with van der Waals surface area (Å²) in [6, 6.07) is 19.6. The minimum atomic E-state index is -1.13. The lowest BCUT2D eigenvalue weighted by molar-refractivity contribution is -0.130. The van der Waals surface area contributed by atoms with Crippen molar-refractivity contribution in [1.82, 2.24) is 5.32 Å². The second kappa shape index (κ2) is 8.94. The molecule has 2 heterocycles. The summed E-state index contributed by atoms with van der Waals surface area (Å²) in [7, 11) is 3.20. The molecule has 1 saturated heterocycles. The standard InChI is InChI=1S/C26H24ClN3O4S/c1-26-22(24(31)28-16-6-10-18(32-2)11-7-16)23(20-14-19(33-3)12-13-21(20)34-26)29-25(35)30(26)17-8-4-15(27)5-9-17/h4-14,22-23H,1-3H3,(H,28,31)(H,29,35)/t22-,23+,26+/m1/s1. The normalized spacial score (nSPS) is 22.4. The van der Waals surface area contributed by atoms with Gasteiger partial charge in [-0.1, -0.05) is 11.6 Å². The number of hydrogen-bond donors (Lipinski definition) is 2. The van der Waals surface area contributed by atoms with Crippen molar-refractivity contribution < 1.29 is 19.0 Å². The SMILES string of the molecule is COc1ccc(NC(=O)[C@H]2[C@H]3NC(=S)N(c4ccc(Cl)cc4)[C@@]2(C)Oc2ccc(OC)cc23)cc1. The first-order chi connectivity index (χ1) is 16.8. The number of nitrogens with zero attached hydrogens (tertiary/aromatic N) is 1. The molecule has 9 heteroatoms. The number of benzene rings is 3. The molecule has 5 rings (SSSR count). The van der Waals surface area contributed by atoms with Gasteiger partial charge >= 0.3 is 0 Å². The van der Waals surface area contributed by atoms with Gasteiger partial charge in [0.25, 0.3) is 0 Å². The lowest BCUT2D eigenvalue weighted by Crippen LogP contribution is -2.72. The van der Waals surface area contributed by atoms with E-state index in [-0.39, 0.29) is 5.91 Å². The first kappa shape index (κ1) is 23.3. The molecule has 0 aromatic heterocycles. The molecule has 0 unspecified atom stereocenters. The lowest BCUT2D eigenvalue weighted by Gasteiger charge is -2.56. The Balaban J connectivity index is 1.60. The van der Waals surface area contributed by atoms with Crippen LogP contribution in [0.1, 0.15) is 18.5 Å². The highest BCUT2D eigenvalue weighted by Gasteiger charge is 2.59. The van der Waals surface area contributed by atoms with E-state index in [4.69, 9.17) is 38.0 Å². The molecule has 180 valence electrons. The van der Waals surface area contributed by atoms with Crippen LogP contribution in [0.4, 0.5) is 11.4 Å². The Morgan fingerprint density at radius 3 is 2.37 bits per heavy atom. The molecule has 3 aromatic rings. The van der Waals surface area contributed by atoms with Crippen LogP contribution in [0.2, 0.25) is 5.02 Å². The van der Waals surface area contributed by atoms with E-state index in [0.717, 1.165) is 11.3 Å². The van der Waals surface area contributed by atoms with Crippen LogP contribution in [0.3, 0.4) is 0 Å². The Bertz CT molecular complexity index is 1280. The molecule has 1 fully saturated rings. The van der Waals surface area contributed by atoms with E-state index in [0.29, 0.717) is 33.1 Å². The Kier molecular flexibility index (Phi) is 5.94. The van der Waals surface area contributed by atoms with Crippen LogP contribution in [0.15, 0.2) is 66.7 Å². The van der Waals surface area contributed by atoms with Crippen molar-refractivity contribution >= 4 is 46.2 Å². The molecular formula is C26H24ClN3O4S. The largest absolute Gasteiger partial charge is 0.497 e. The zero-order valence-corrected chi connectivity index (χ0v) is 20.9. The van der Waals surface area contributed by atoms with E-state index in [2.05, 4.69) is 10.6 Å². The molecule has 0 aliphatic carbocycles. The number of amides is 1. The molecule has 2 aliphatic heterocycles. The van der Waals surface area contributed by atoms with Crippen LogP contribution < -0.4 is 29.7 Å². The van der Waals surface area contributed by atoms with Gasteiger partial charge in [-0.2, -0.15) is 0 Å². The topological polar surface area (TPSA) is 72.1 Å². The van der Waals surface area contributed by atoms with Gasteiger partial charge in [0, 0.05) is 22.0 Å². The van der Waals surface area contributed by atoms with Crippen LogP contribution >= 0.6 is 23.8 Å². The highest BCUT2D eigenvalue weighted by atomic mass is 35.5. The molecule has 1 amide bonds. The first-order valence-electron chi connectivity index (χ1n) is 11.0. The van der Waals surface area contributed by atoms with Crippen molar-refractivity contribution in [2.24, 2.45) is 5.92 Å². The highest BCUT2D eigenvalue weighted by Crippen LogP contribution is 2.50. The van der Waals surface area contributed by atoms with Crippen LogP contribution in [0.5, 0.6) is 17.2 Å². The fourth-order valence-electron chi connectivity index (χ4n) is 4.76. The number of hydrogen-bond acceptors (Lipinski definition) is 5. The van der Waals surface area contributed by atoms with Crippen molar-refractivity contribution in [2.45, 2.75) is 18.7 Å². The van der Waals surface area contributed by atoms with E-state index < -0.39 is 17.7 Å². The Morgan fingerprint density at radius 1 is 1.06 bits per heavy atom. The number of carbonyl (C=O) groups excluding carboxylic acids is 1. The third-order valence-corrected chi connectivity index (χ3v) is 6.98. The Morgan fingerprint density at radius 2 is 1.71 bits per heavy atom. The molecular weight excluding hydrogens is 486 g/mol. The summed E-state index contributed by atoms with van der Waals surface area (Å²) in [5.41, 5.74) is 1.08. The maximum absolute atomic E-state index is 13.9. The number of methoxy groups -OCH3 is 2. The maximum Gasteiger partial charge on any atom is 0.236 e. The van der Waals surface area contributed by atoms with Crippen molar-refractivity contribution in [1.29, 1.82) is 0 Å². The molecule has 2 aliphatic rings. The summed E-state index contributed by atoms with van der Waals surface area (Å²) >= 11 is 11.9. The van der Waals surface area contributed by atoms with Gasteiger partial charge in [-0.3, -0.25) is 9.69 Å². The average molecular weight is 510 g/mol. The molecule has 2 bridgehead atoms. The Hall–Kier alpha value is -3.49. The van der Waals surface area contributed by atoms with E-state index in [1.807, 2.05) is 42.2 Å². The highest BCUT2D eigenvalue weighted by molar-refractivity contribution is 7.80. The number of thiocarbonyl (C=S) groups is 1. The first-order valence-corrected chi connectivity index (χ1v) is 11.8. The summed E-state index contributed by atoms with van der Waals surface area (Å²) < 4.78 is 17.3. The van der Waals surface area contributed by atoms with Crippen LogP contribution in [0.25, 0.3) is 0 Å². The second-order valence-electron chi connectivity index (χ2n) is 8.49. The van der Waals surface area contributed by atoms with Gasteiger partial charge < -0.3 is 24.8 Å². The van der Waals surface area contributed by atoms with Gasteiger partial charge in [0.15, 0.2) is 10.8 Å². The van der Waals surface area contributed by atoms with Gasteiger partial charge in [0.05, 0.1) is 20.3 Å². The number of halogens is 1. The summed E-state index contributed by atoms with van der Waals surface area (Å²) in [5, 5.41) is 7.47. The third-order valence-electron chi connectivity index (χ3n) is 6.43. The molecule has 0 saturated carbocycles. The number of carbonyl (C=O) groups is 1. The van der Waals surface area contributed by atoms with Crippen LogP contribution in [0, 0.1) is 5.92 Å². The fraction of sp³-hybridized carbons (Fsp3) is 0.231. The van der Waals surface area contributed by atoms with E-state index in [1.54, 1.807) is 50.6 Å². The number of anilines is 2. The van der Waals surface area contributed by atoms with Gasteiger partial charge in [-0.25, -0.2) is 0 Å². The molecule has 0 spiro atoms. The van der Waals surface area contributed by atoms with Crippen molar-refractivity contribution in [3.63, 3.8) is 0 Å². The van der Waals surface area contributed by atoms with Crippen molar-refractivity contribution in [3.05, 3.63) is 77.3 Å². The number of ether oxygens (including phenoxy) is 3. The van der Waals surface area contributed by atoms with Crippen molar-refractivity contribution in [2.75, 3.05) is 24.4 Å². The number of nitrogens with one attached hydrogen (secondary N) is 2. The smallest absolute Gasteiger partial charge is 0.236 e. The van der Waals surface area contributed by atoms with Crippen LogP contribution in [-0.4, -0.2) is 31.0 Å². The molecule has 2 N–H and O–H groups in total. The van der Waals surface area contributed by atoms with Crippen molar-refractivity contribution in [3.8, 4) is 17.2 Å². The van der Waals surface area contributed by atoms with E-state index in [1.165, 1.54) is 0 Å². The van der Waals surface area contributed by atoms with Gasteiger partial charge in [0.1, 0.15) is 23.2 Å². The number of rotatable bonds is 5. The maximum atomic E-state index is 13.9. The average Bonchev–Trinajstić information content (AvgIpc) is 2.85. The van der Waals surface area contributed by atoms with Gasteiger partial charge in [0.2, 0.25) is 5.91 Å². The molecule has 7 nitrogen and oxygen atoms in total. The molecule has 3 aromatic carbocycles. The fourth-order valence-corrected chi connectivity index (χ4v) is 5.30. The predicted molar refractivity (Wildman–Crippen MR) is 140 cm³/mol. The molecule has 35 heavy (non-hydrogen) atoms.